The lowest BCUT2D eigenvalue weighted by Gasteiger charge is -1.96. The zero-order valence-corrected chi connectivity index (χ0v) is 18.1. The highest BCUT2D eigenvalue weighted by Gasteiger charge is 2.27. The molecule has 16 heteroatoms. The molecule has 2 aliphatic rings. The van der Waals surface area contributed by atoms with E-state index in [1.54, 1.807) is 0 Å². The van der Waals surface area contributed by atoms with Crippen molar-refractivity contribution >= 4 is 65.9 Å². The van der Waals surface area contributed by atoms with Gasteiger partial charge in [-0.2, -0.15) is 16.8 Å². The fraction of sp³-hybridized carbons (Fsp3) is 0.500. The summed E-state index contributed by atoms with van der Waals surface area (Å²) >= 11 is 0. The molecule has 0 aliphatic carbocycles. The van der Waals surface area contributed by atoms with E-state index < -0.39 is 56.2 Å². The molecule has 2 rings (SSSR count). The number of rotatable bonds is 7. The van der Waals surface area contributed by atoms with E-state index in [1.807, 2.05) is 10.6 Å². The summed E-state index contributed by atoms with van der Waals surface area (Å²) in [5.41, 5.74) is 0. The van der Waals surface area contributed by atoms with Crippen molar-refractivity contribution in [1.82, 2.24) is 10.6 Å². The van der Waals surface area contributed by atoms with Gasteiger partial charge in [0.1, 0.15) is 9.73 Å². The summed E-state index contributed by atoms with van der Waals surface area (Å²) in [4.78, 5) is 60.9. The lowest BCUT2D eigenvalue weighted by atomic mass is 10.1. The molecule has 0 atom stereocenters. The van der Waals surface area contributed by atoms with Gasteiger partial charge in [-0.1, -0.05) is 12.8 Å². The van der Waals surface area contributed by atoms with Gasteiger partial charge in [0.2, 0.25) is 32.4 Å². The lowest BCUT2D eigenvalue weighted by Crippen LogP contribution is -2.22. The van der Waals surface area contributed by atoms with Crippen LogP contribution in [0.2, 0.25) is 0 Å². The summed E-state index contributed by atoms with van der Waals surface area (Å²) in [7, 11) is -5.12. The number of carbonyl (C=O) groups is 6. The molecular formula is C16H20N2O12S2. The molecular weight excluding hydrogens is 476 g/mol. The summed E-state index contributed by atoms with van der Waals surface area (Å²) in [6, 6.07) is 0. The number of unbranched alkanes of at least 4 members (excludes halogenated alkanes) is 3. The van der Waals surface area contributed by atoms with Gasteiger partial charge in [0.25, 0.3) is 11.8 Å². The third kappa shape index (κ3) is 12.3. The maximum absolute atomic E-state index is 10.5. The fourth-order valence-corrected chi connectivity index (χ4v) is 3.01. The van der Waals surface area contributed by atoms with Crippen LogP contribution in [0.5, 0.6) is 0 Å². The Kier molecular flexibility index (Phi) is 13.0. The average molecular weight is 496 g/mol. The van der Waals surface area contributed by atoms with Crippen LogP contribution in [-0.4, -0.2) is 72.3 Å². The first-order valence-corrected chi connectivity index (χ1v) is 11.0. The van der Waals surface area contributed by atoms with Gasteiger partial charge >= 0.3 is 11.9 Å². The molecule has 2 saturated heterocycles. The molecule has 0 saturated carbocycles. The summed E-state index contributed by atoms with van der Waals surface area (Å²) < 4.78 is 40.4. The first-order chi connectivity index (χ1) is 14.8. The zero-order valence-electron chi connectivity index (χ0n) is 16.5. The highest BCUT2D eigenvalue weighted by Crippen LogP contribution is 2.05. The van der Waals surface area contributed by atoms with Crippen LogP contribution in [0, 0.1) is 0 Å². The van der Waals surface area contributed by atoms with Crippen molar-refractivity contribution in [2.24, 2.45) is 0 Å². The molecule has 0 spiro atoms. The number of amides is 4. The highest BCUT2D eigenvalue weighted by molar-refractivity contribution is 7.75. The number of carboxylic acids is 2. The van der Waals surface area contributed by atoms with Crippen LogP contribution in [0.3, 0.4) is 0 Å². The average Bonchev–Trinajstić information content (AvgIpc) is 3.19. The molecule has 0 radical (unpaired) electrons. The van der Waals surface area contributed by atoms with Crippen molar-refractivity contribution in [1.29, 1.82) is 0 Å². The van der Waals surface area contributed by atoms with E-state index in [2.05, 4.69) is 0 Å². The van der Waals surface area contributed by atoms with Crippen LogP contribution in [0.4, 0.5) is 0 Å². The monoisotopic (exact) mass is 496 g/mol. The lowest BCUT2D eigenvalue weighted by molar-refractivity contribution is -0.138. The molecule has 2 fully saturated rings. The maximum Gasteiger partial charge on any atom is 0.303 e. The Morgan fingerprint density at radius 2 is 0.969 bits per heavy atom. The van der Waals surface area contributed by atoms with Gasteiger partial charge in [0.05, 0.1) is 12.8 Å². The summed E-state index contributed by atoms with van der Waals surface area (Å²) in [5.74, 6) is -4.31. The molecule has 2 aliphatic heterocycles. The molecule has 0 aromatic carbocycles. The van der Waals surface area contributed by atoms with Crippen LogP contribution in [0.1, 0.15) is 51.4 Å². The van der Waals surface area contributed by atoms with Crippen molar-refractivity contribution in [3.8, 4) is 0 Å². The van der Waals surface area contributed by atoms with Crippen LogP contribution in [0.15, 0.2) is 0 Å². The van der Waals surface area contributed by atoms with E-state index in [-0.39, 0.29) is 35.4 Å². The number of carboxylic acid groups (broad SMARTS) is 2. The summed E-state index contributed by atoms with van der Waals surface area (Å²) in [6.45, 7) is 0. The van der Waals surface area contributed by atoms with E-state index in [9.17, 15) is 45.6 Å². The van der Waals surface area contributed by atoms with Gasteiger partial charge in [0.15, 0.2) is 0 Å². The highest BCUT2D eigenvalue weighted by atomic mass is 32.2. The van der Waals surface area contributed by atoms with Crippen LogP contribution < -0.4 is 10.6 Å². The molecule has 0 aromatic rings. The molecule has 2 heterocycles. The Hall–Kier alpha value is -3.40. The van der Waals surface area contributed by atoms with E-state index >= 15 is 0 Å². The SMILES string of the molecule is O=C(O)CCCCCCC(=O)O.O=C1CC(=S(=O)=O)C(=O)N1.O=C1CC(=S(=O)=O)C(=O)N1. The molecule has 32 heavy (non-hydrogen) atoms. The molecule has 0 unspecified atom stereocenters. The zero-order chi connectivity index (χ0) is 24.8. The van der Waals surface area contributed by atoms with Crippen LogP contribution in [0.25, 0.3) is 0 Å². The van der Waals surface area contributed by atoms with Gasteiger partial charge in [-0.05, 0) is 12.8 Å². The predicted octanol–water partition coefficient (Wildman–Crippen LogP) is -2.33. The topological polar surface area (TPSA) is 235 Å². The number of carbonyl (C=O) groups excluding carboxylic acids is 4. The van der Waals surface area contributed by atoms with Crippen molar-refractivity contribution in [3.63, 3.8) is 0 Å². The molecule has 0 aromatic heterocycles. The second kappa shape index (κ2) is 14.6. The third-order valence-corrected chi connectivity index (χ3v) is 5.05. The Labute approximate surface area is 184 Å². The Morgan fingerprint density at radius 3 is 1.12 bits per heavy atom. The number of aliphatic carboxylic acids is 2. The van der Waals surface area contributed by atoms with E-state index in [0.29, 0.717) is 12.8 Å². The van der Waals surface area contributed by atoms with Gasteiger partial charge in [-0.25, -0.2) is 0 Å². The van der Waals surface area contributed by atoms with Crippen LogP contribution in [-0.2, 0) is 49.4 Å². The number of hydrogen-bond acceptors (Lipinski definition) is 10. The first-order valence-electron chi connectivity index (χ1n) is 8.87. The molecule has 14 nitrogen and oxygen atoms in total. The van der Waals surface area contributed by atoms with Crippen LogP contribution >= 0.6 is 0 Å². The van der Waals surface area contributed by atoms with E-state index in [4.69, 9.17) is 10.2 Å². The van der Waals surface area contributed by atoms with Gasteiger partial charge < -0.3 is 10.2 Å². The molecule has 4 amide bonds. The quantitative estimate of drug-likeness (QED) is 0.165. The summed E-state index contributed by atoms with van der Waals surface area (Å²) in [6.07, 6.45) is 2.63. The largest absolute Gasteiger partial charge is 0.481 e. The van der Waals surface area contributed by atoms with Crippen molar-refractivity contribution in [2.45, 2.75) is 51.4 Å². The van der Waals surface area contributed by atoms with Crippen molar-refractivity contribution in [2.75, 3.05) is 0 Å². The number of imide groups is 2. The fourth-order valence-electron chi connectivity index (χ4n) is 2.11. The minimum Gasteiger partial charge on any atom is -0.481 e. The Balaban J connectivity index is 0.000000452. The number of nitrogens with one attached hydrogen (secondary N) is 2. The minimum atomic E-state index is -2.56. The standard InChI is InChI=1S/C8H14O4.2C4H3NO4S/c9-7(10)5-3-1-2-4-6-8(11)12;2*6-3-1-2(10(8)9)4(7)5-3/h1-6H2,(H,9,10)(H,11,12);2*1H2,(H,5,6,7). The maximum atomic E-state index is 10.5. The van der Waals surface area contributed by atoms with Gasteiger partial charge in [-0.3, -0.25) is 39.4 Å². The van der Waals surface area contributed by atoms with Crippen molar-refractivity contribution < 1.29 is 55.8 Å². The molecule has 4 N–H and O–H groups in total. The number of hydrogen-bond donors (Lipinski definition) is 4. The Bertz CT molecular complexity index is 968. The van der Waals surface area contributed by atoms with Gasteiger partial charge in [-0.15, -0.1) is 0 Å². The smallest absolute Gasteiger partial charge is 0.303 e. The second-order valence-corrected chi connectivity index (χ2v) is 8.05. The van der Waals surface area contributed by atoms with E-state index in [0.717, 1.165) is 12.8 Å². The van der Waals surface area contributed by atoms with E-state index in [1.165, 1.54) is 0 Å². The Morgan fingerprint density at radius 1 is 0.656 bits per heavy atom. The van der Waals surface area contributed by atoms with Gasteiger partial charge in [0, 0.05) is 12.8 Å². The third-order valence-electron chi connectivity index (χ3n) is 3.59. The molecule has 178 valence electrons. The second-order valence-electron chi connectivity index (χ2n) is 6.13. The predicted molar refractivity (Wildman–Crippen MR) is 106 cm³/mol. The summed E-state index contributed by atoms with van der Waals surface area (Å²) in [5, 5.41) is 20.2. The molecule has 0 bridgehead atoms. The first kappa shape index (κ1) is 28.6. The van der Waals surface area contributed by atoms with Crippen molar-refractivity contribution in [3.05, 3.63) is 0 Å². The normalized spacial score (nSPS) is 14.5. The minimum absolute atomic E-state index is 0.188.